The predicted molar refractivity (Wildman–Crippen MR) is 73.2 cm³/mol. The molecular formula is C13H15Cl2NO. The highest BCUT2D eigenvalue weighted by Gasteiger charge is 2.05. The zero-order valence-corrected chi connectivity index (χ0v) is 11.3. The molecule has 0 heterocycles. The van der Waals surface area contributed by atoms with Gasteiger partial charge >= 0.3 is 0 Å². The van der Waals surface area contributed by atoms with Crippen LogP contribution in [0.25, 0.3) is 5.03 Å². The van der Waals surface area contributed by atoms with Gasteiger partial charge in [0.05, 0.1) is 5.03 Å². The summed E-state index contributed by atoms with van der Waals surface area (Å²) in [5, 5.41) is 3.86. The standard InChI is InChI=1S/C13H15Cl2NO/c1-3-9(2)16-13(17)8-12(15)10-4-6-11(14)7-5-10/h4-9H,3H2,1-2H3,(H,16,17)/b12-8-. The molecule has 0 radical (unpaired) electrons. The largest absolute Gasteiger partial charge is 0.350 e. The first-order valence-corrected chi connectivity index (χ1v) is 6.22. The SMILES string of the molecule is CCC(C)NC(=O)/C=C(\Cl)c1ccc(Cl)cc1. The van der Waals surface area contributed by atoms with Crippen molar-refractivity contribution in [3.8, 4) is 0 Å². The van der Waals surface area contributed by atoms with Crippen LogP contribution < -0.4 is 5.32 Å². The molecule has 1 atom stereocenters. The maximum atomic E-state index is 11.6. The van der Waals surface area contributed by atoms with Crippen LogP contribution in [0.4, 0.5) is 0 Å². The summed E-state index contributed by atoms with van der Waals surface area (Å²) in [7, 11) is 0. The van der Waals surface area contributed by atoms with Crippen LogP contribution in [0.3, 0.4) is 0 Å². The molecule has 1 aromatic rings. The zero-order valence-electron chi connectivity index (χ0n) is 9.84. The van der Waals surface area contributed by atoms with Crippen molar-refractivity contribution in [2.75, 3.05) is 0 Å². The molecule has 0 fully saturated rings. The number of halogens is 2. The van der Waals surface area contributed by atoms with Gasteiger partial charge in [-0.05, 0) is 31.0 Å². The molecule has 0 saturated heterocycles. The minimum Gasteiger partial charge on any atom is -0.350 e. The van der Waals surface area contributed by atoms with Gasteiger partial charge in [0.15, 0.2) is 0 Å². The minimum atomic E-state index is -0.181. The Hall–Kier alpha value is -0.990. The average molecular weight is 272 g/mol. The summed E-state index contributed by atoms with van der Waals surface area (Å²) in [4.78, 5) is 11.6. The lowest BCUT2D eigenvalue weighted by Crippen LogP contribution is -2.30. The molecule has 1 unspecified atom stereocenters. The smallest absolute Gasteiger partial charge is 0.245 e. The molecule has 0 aliphatic heterocycles. The fourth-order valence-electron chi connectivity index (χ4n) is 1.19. The van der Waals surface area contributed by atoms with Gasteiger partial charge in [0.25, 0.3) is 0 Å². The molecule has 1 N–H and O–H groups in total. The number of carbonyl (C=O) groups is 1. The minimum absolute atomic E-state index is 0.147. The summed E-state index contributed by atoms with van der Waals surface area (Å²) in [5.74, 6) is -0.181. The van der Waals surface area contributed by atoms with Crippen LogP contribution in [0, 0.1) is 0 Å². The first-order valence-electron chi connectivity index (χ1n) is 5.46. The van der Waals surface area contributed by atoms with Crippen molar-refractivity contribution in [2.45, 2.75) is 26.3 Å². The predicted octanol–water partition coefficient (Wildman–Crippen LogP) is 3.83. The molecule has 0 saturated carbocycles. The third-order valence-electron chi connectivity index (χ3n) is 2.38. The summed E-state index contributed by atoms with van der Waals surface area (Å²) >= 11 is 11.8. The average Bonchev–Trinajstić information content (AvgIpc) is 2.29. The molecule has 1 amide bonds. The van der Waals surface area contributed by atoms with Crippen molar-refractivity contribution in [1.82, 2.24) is 5.32 Å². The fraction of sp³-hybridized carbons (Fsp3) is 0.308. The molecular weight excluding hydrogens is 257 g/mol. The molecule has 92 valence electrons. The summed E-state index contributed by atoms with van der Waals surface area (Å²) < 4.78 is 0. The second-order valence-electron chi connectivity index (χ2n) is 3.82. The number of hydrogen-bond acceptors (Lipinski definition) is 1. The number of carbonyl (C=O) groups excluding carboxylic acids is 1. The molecule has 17 heavy (non-hydrogen) atoms. The second kappa shape index (κ2) is 6.67. The molecule has 4 heteroatoms. The lowest BCUT2D eigenvalue weighted by atomic mass is 10.2. The lowest BCUT2D eigenvalue weighted by molar-refractivity contribution is -0.117. The zero-order chi connectivity index (χ0) is 12.8. The molecule has 0 bridgehead atoms. The Balaban J connectivity index is 2.72. The van der Waals surface area contributed by atoms with Crippen LogP contribution in [-0.4, -0.2) is 11.9 Å². The molecule has 0 aliphatic carbocycles. The Labute approximate surface area is 112 Å². The van der Waals surface area contributed by atoms with E-state index in [-0.39, 0.29) is 11.9 Å². The second-order valence-corrected chi connectivity index (χ2v) is 4.66. The van der Waals surface area contributed by atoms with Crippen molar-refractivity contribution in [3.63, 3.8) is 0 Å². The summed E-state index contributed by atoms with van der Waals surface area (Å²) in [5.41, 5.74) is 0.773. The van der Waals surface area contributed by atoms with E-state index in [1.165, 1.54) is 6.08 Å². The van der Waals surface area contributed by atoms with Crippen molar-refractivity contribution < 1.29 is 4.79 Å². The Bertz CT molecular complexity index is 412. The van der Waals surface area contributed by atoms with E-state index in [4.69, 9.17) is 23.2 Å². The highest BCUT2D eigenvalue weighted by Crippen LogP contribution is 2.20. The number of amides is 1. The van der Waals surface area contributed by atoms with Crippen LogP contribution in [-0.2, 0) is 4.79 Å². The van der Waals surface area contributed by atoms with Gasteiger partial charge in [-0.25, -0.2) is 0 Å². The van der Waals surface area contributed by atoms with Gasteiger partial charge < -0.3 is 5.32 Å². The Morgan fingerprint density at radius 3 is 2.53 bits per heavy atom. The molecule has 0 aromatic heterocycles. The van der Waals surface area contributed by atoms with Crippen LogP contribution in [0.15, 0.2) is 30.3 Å². The van der Waals surface area contributed by atoms with Crippen molar-refractivity contribution in [1.29, 1.82) is 0 Å². The van der Waals surface area contributed by atoms with E-state index in [0.29, 0.717) is 10.1 Å². The van der Waals surface area contributed by atoms with E-state index in [2.05, 4.69) is 5.32 Å². The number of hydrogen-bond donors (Lipinski definition) is 1. The van der Waals surface area contributed by atoms with Gasteiger partial charge in [-0.15, -0.1) is 0 Å². The van der Waals surface area contributed by atoms with E-state index in [1.54, 1.807) is 24.3 Å². The first kappa shape index (κ1) is 14.1. The van der Waals surface area contributed by atoms with Gasteiger partial charge in [-0.3, -0.25) is 4.79 Å². The first-order chi connectivity index (χ1) is 8.02. The maximum Gasteiger partial charge on any atom is 0.245 e. The third kappa shape index (κ3) is 4.80. The van der Waals surface area contributed by atoms with E-state index in [9.17, 15) is 4.79 Å². The summed E-state index contributed by atoms with van der Waals surface area (Å²) in [6.45, 7) is 3.96. The highest BCUT2D eigenvalue weighted by molar-refractivity contribution is 6.50. The van der Waals surface area contributed by atoms with Gasteiger partial charge in [0, 0.05) is 17.1 Å². The molecule has 2 nitrogen and oxygen atoms in total. The number of rotatable bonds is 4. The molecule has 0 spiro atoms. The van der Waals surface area contributed by atoms with Crippen LogP contribution in [0.1, 0.15) is 25.8 Å². The van der Waals surface area contributed by atoms with Gasteiger partial charge in [-0.2, -0.15) is 0 Å². The number of benzene rings is 1. The summed E-state index contributed by atoms with van der Waals surface area (Å²) in [6, 6.07) is 7.17. The monoisotopic (exact) mass is 271 g/mol. The third-order valence-corrected chi connectivity index (χ3v) is 2.96. The van der Waals surface area contributed by atoms with Crippen molar-refractivity contribution >= 4 is 34.1 Å². The van der Waals surface area contributed by atoms with E-state index in [0.717, 1.165) is 12.0 Å². The van der Waals surface area contributed by atoms with Crippen LogP contribution >= 0.6 is 23.2 Å². The normalized spacial score (nSPS) is 13.3. The Morgan fingerprint density at radius 2 is 2.00 bits per heavy atom. The molecule has 1 aromatic carbocycles. The van der Waals surface area contributed by atoms with Crippen molar-refractivity contribution in [2.24, 2.45) is 0 Å². The highest BCUT2D eigenvalue weighted by atomic mass is 35.5. The van der Waals surface area contributed by atoms with Crippen LogP contribution in [0.5, 0.6) is 0 Å². The number of nitrogens with one attached hydrogen (secondary N) is 1. The lowest BCUT2D eigenvalue weighted by Gasteiger charge is -2.09. The van der Waals surface area contributed by atoms with Crippen molar-refractivity contribution in [3.05, 3.63) is 40.9 Å². The van der Waals surface area contributed by atoms with Gasteiger partial charge in [0.1, 0.15) is 0 Å². The van der Waals surface area contributed by atoms with Crippen LogP contribution in [0.2, 0.25) is 5.02 Å². The van der Waals surface area contributed by atoms with Gasteiger partial charge in [-0.1, -0.05) is 42.3 Å². The molecule has 1 rings (SSSR count). The molecule has 0 aliphatic rings. The fourth-order valence-corrected chi connectivity index (χ4v) is 1.55. The Morgan fingerprint density at radius 1 is 1.41 bits per heavy atom. The van der Waals surface area contributed by atoms with E-state index in [1.807, 2.05) is 13.8 Å². The van der Waals surface area contributed by atoms with Gasteiger partial charge in [0.2, 0.25) is 5.91 Å². The quantitative estimate of drug-likeness (QED) is 0.829. The summed E-state index contributed by atoms with van der Waals surface area (Å²) in [6.07, 6.45) is 2.27. The van der Waals surface area contributed by atoms with E-state index < -0.39 is 0 Å². The topological polar surface area (TPSA) is 29.1 Å². The Kier molecular flexibility index (Phi) is 5.52. The van der Waals surface area contributed by atoms with E-state index >= 15 is 0 Å². The maximum absolute atomic E-state index is 11.6.